The molecule has 10 heteroatoms. The van der Waals surface area contributed by atoms with Crippen LogP contribution >= 0.6 is 0 Å². The summed E-state index contributed by atoms with van der Waals surface area (Å²) in [6.45, 7) is 3.88. The van der Waals surface area contributed by atoms with E-state index in [0.29, 0.717) is 30.1 Å². The van der Waals surface area contributed by atoms with Crippen LogP contribution in [0.15, 0.2) is 46.3 Å². The third-order valence-electron chi connectivity index (χ3n) is 5.15. The molecule has 0 aliphatic rings. The fraction of sp³-hybridized carbons (Fsp3) is 0.261. The number of methoxy groups -OCH3 is 1. The largest absolute Gasteiger partial charge is 0.496 e. The first kappa shape index (κ1) is 23.5. The number of nitrogens with two attached hydrogens (primary N) is 2. The summed E-state index contributed by atoms with van der Waals surface area (Å²) in [5.41, 5.74) is 13.3. The maximum Gasteiger partial charge on any atom is 0.306 e. The van der Waals surface area contributed by atoms with Crippen molar-refractivity contribution in [2.45, 2.75) is 20.3 Å². The Morgan fingerprint density at radius 1 is 1.24 bits per heavy atom. The molecule has 0 saturated heterocycles. The smallest absolute Gasteiger partial charge is 0.306 e. The molecule has 0 radical (unpaired) electrons. The van der Waals surface area contributed by atoms with Crippen molar-refractivity contribution in [3.63, 3.8) is 0 Å². The Bertz CT molecular complexity index is 1250. The fourth-order valence-electron chi connectivity index (χ4n) is 3.44. The zero-order valence-electron chi connectivity index (χ0n) is 18.6. The predicted octanol–water partition coefficient (Wildman–Crippen LogP) is 2.20. The van der Waals surface area contributed by atoms with Gasteiger partial charge in [0.05, 0.1) is 25.2 Å². The topological polar surface area (TPSA) is 165 Å². The molecule has 0 aliphatic heterocycles. The molecule has 172 valence electrons. The molecule has 3 rings (SSSR count). The Balaban J connectivity index is 2.08. The van der Waals surface area contributed by atoms with Gasteiger partial charge < -0.3 is 25.3 Å². The van der Waals surface area contributed by atoms with Crippen molar-refractivity contribution in [2.75, 3.05) is 19.5 Å². The second kappa shape index (κ2) is 9.94. The minimum Gasteiger partial charge on any atom is -0.496 e. The van der Waals surface area contributed by atoms with Crippen molar-refractivity contribution in [2.24, 2.45) is 11.0 Å². The summed E-state index contributed by atoms with van der Waals surface area (Å²) in [6.07, 6.45) is 0.325. The monoisotopic (exact) mass is 452 g/mol. The summed E-state index contributed by atoms with van der Waals surface area (Å²) in [4.78, 5) is 30.4. The number of carboxylic acids is 1. The van der Waals surface area contributed by atoms with E-state index in [2.05, 4.69) is 15.1 Å². The molecule has 1 atom stereocenters. The number of anilines is 1. The van der Waals surface area contributed by atoms with E-state index in [4.69, 9.17) is 20.7 Å². The molecular formula is C23H26N5O5+. The van der Waals surface area contributed by atoms with Crippen molar-refractivity contribution in [1.82, 2.24) is 9.97 Å². The van der Waals surface area contributed by atoms with Crippen LogP contribution in [-0.2, 0) is 11.2 Å². The SMILES string of the molecule is CCOc1cc(-c2ccc(OC)c(CC(C)C(=O)O)c2)ccc1-c1nc(N)c(N=[NH2+])c(=O)[nH]1. The van der Waals surface area contributed by atoms with E-state index in [0.717, 1.165) is 16.7 Å². The van der Waals surface area contributed by atoms with Crippen LogP contribution in [0, 0.1) is 5.92 Å². The van der Waals surface area contributed by atoms with E-state index >= 15 is 0 Å². The Kier molecular flexibility index (Phi) is 7.07. The number of nitrogens with one attached hydrogen (secondary N) is 1. The lowest BCUT2D eigenvalue weighted by molar-refractivity contribution is -0.210. The van der Waals surface area contributed by atoms with Crippen molar-refractivity contribution in [1.29, 1.82) is 0 Å². The fourth-order valence-corrected chi connectivity index (χ4v) is 3.44. The first-order chi connectivity index (χ1) is 15.8. The first-order valence-electron chi connectivity index (χ1n) is 10.3. The molecule has 6 N–H and O–H groups in total. The number of carbonyl (C=O) groups is 1. The average Bonchev–Trinajstić information content (AvgIpc) is 2.79. The van der Waals surface area contributed by atoms with Crippen LogP contribution in [-0.4, -0.2) is 34.8 Å². The summed E-state index contributed by atoms with van der Waals surface area (Å²) in [7, 11) is 1.55. The third-order valence-corrected chi connectivity index (χ3v) is 5.15. The highest BCUT2D eigenvalue weighted by Crippen LogP contribution is 2.35. The first-order valence-corrected chi connectivity index (χ1v) is 10.3. The third kappa shape index (κ3) is 5.00. The summed E-state index contributed by atoms with van der Waals surface area (Å²) in [6, 6.07) is 11.0. The second-order valence-corrected chi connectivity index (χ2v) is 7.39. The van der Waals surface area contributed by atoms with Gasteiger partial charge in [-0.1, -0.05) is 19.1 Å². The molecule has 0 amide bonds. The maximum atomic E-state index is 12.2. The van der Waals surface area contributed by atoms with Crippen molar-refractivity contribution in [3.05, 3.63) is 52.3 Å². The summed E-state index contributed by atoms with van der Waals surface area (Å²) < 4.78 is 11.2. The van der Waals surface area contributed by atoms with Crippen LogP contribution in [0.2, 0.25) is 0 Å². The van der Waals surface area contributed by atoms with Gasteiger partial charge in [0, 0.05) is 0 Å². The van der Waals surface area contributed by atoms with Gasteiger partial charge >= 0.3 is 5.97 Å². The van der Waals surface area contributed by atoms with E-state index in [1.165, 1.54) is 0 Å². The van der Waals surface area contributed by atoms with Crippen LogP contribution in [0.3, 0.4) is 0 Å². The number of aromatic nitrogens is 2. The Hall–Kier alpha value is -4.21. The molecule has 10 nitrogen and oxygen atoms in total. The summed E-state index contributed by atoms with van der Waals surface area (Å²) in [5, 5.41) is 12.7. The molecule has 0 saturated carbocycles. The Morgan fingerprint density at radius 3 is 2.55 bits per heavy atom. The zero-order valence-corrected chi connectivity index (χ0v) is 18.6. The van der Waals surface area contributed by atoms with E-state index in [-0.39, 0.29) is 17.3 Å². The molecule has 33 heavy (non-hydrogen) atoms. The van der Waals surface area contributed by atoms with E-state index in [1.54, 1.807) is 20.1 Å². The standard InChI is InChI=1S/C23H25N5O5/c1-4-33-18-11-14(5-7-16(18)21-26-20(24)19(28-25)22(29)27-21)13-6-8-17(32-3)15(10-13)9-12(2)23(30)31/h5-8,10-12,25H,4,9H2,1-3H3,(H,30,31)(H3,24,26,27,29)/p+1. The molecule has 0 spiro atoms. The number of aliphatic carboxylic acids is 1. The Labute approximate surface area is 189 Å². The minimum absolute atomic E-state index is 0.0879. The highest BCUT2D eigenvalue weighted by Gasteiger charge is 2.18. The highest BCUT2D eigenvalue weighted by molar-refractivity contribution is 5.75. The normalized spacial score (nSPS) is 11.6. The van der Waals surface area contributed by atoms with Crippen LogP contribution in [0.25, 0.3) is 22.5 Å². The van der Waals surface area contributed by atoms with Crippen molar-refractivity contribution >= 4 is 17.5 Å². The van der Waals surface area contributed by atoms with Crippen molar-refractivity contribution in [3.8, 4) is 34.0 Å². The van der Waals surface area contributed by atoms with Crippen LogP contribution in [0.5, 0.6) is 11.5 Å². The number of H-pyrrole nitrogens is 1. The maximum absolute atomic E-state index is 12.2. The van der Waals surface area contributed by atoms with Gasteiger partial charge in [-0.2, -0.15) is 5.53 Å². The summed E-state index contributed by atoms with van der Waals surface area (Å²) >= 11 is 0. The quantitative estimate of drug-likeness (QED) is 0.361. The Morgan fingerprint density at radius 2 is 1.94 bits per heavy atom. The number of hydrogen-bond donors (Lipinski definition) is 4. The minimum atomic E-state index is -0.875. The molecular weight excluding hydrogens is 426 g/mol. The lowest BCUT2D eigenvalue weighted by Gasteiger charge is -2.15. The van der Waals surface area contributed by atoms with Gasteiger partial charge in [-0.3, -0.25) is 9.59 Å². The summed E-state index contributed by atoms with van der Waals surface area (Å²) in [5.74, 6) is -0.185. The van der Waals surface area contributed by atoms with E-state index in [1.807, 2.05) is 37.3 Å². The van der Waals surface area contributed by atoms with Gasteiger partial charge in [-0.25, -0.2) is 4.98 Å². The number of hydrogen-bond acceptors (Lipinski definition) is 7. The zero-order chi connectivity index (χ0) is 24.1. The van der Waals surface area contributed by atoms with Crippen LogP contribution in [0.4, 0.5) is 11.5 Å². The molecule has 0 bridgehead atoms. The van der Waals surface area contributed by atoms with Crippen LogP contribution in [0.1, 0.15) is 19.4 Å². The van der Waals surface area contributed by atoms with E-state index in [9.17, 15) is 14.7 Å². The van der Waals surface area contributed by atoms with Gasteiger partial charge in [0.15, 0.2) is 5.82 Å². The second-order valence-electron chi connectivity index (χ2n) is 7.39. The number of carboxylic acid groups (broad SMARTS) is 1. The number of ether oxygens (including phenoxy) is 2. The lowest BCUT2D eigenvalue weighted by atomic mass is 9.95. The van der Waals surface area contributed by atoms with Gasteiger partial charge in [0.2, 0.25) is 5.69 Å². The number of benzene rings is 2. The molecule has 0 aliphatic carbocycles. The molecule has 1 unspecified atom stereocenters. The molecule has 2 aromatic carbocycles. The number of nitrogen functional groups attached to an aromatic ring is 1. The van der Waals surface area contributed by atoms with E-state index < -0.39 is 17.4 Å². The van der Waals surface area contributed by atoms with Gasteiger partial charge in [0.25, 0.3) is 5.56 Å². The van der Waals surface area contributed by atoms with Gasteiger partial charge in [0.1, 0.15) is 17.3 Å². The van der Waals surface area contributed by atoms with Crippen molar-refractivity contribution < 1.29 is 24.9 Å². The molecule has 1 aromatic heterocycles. The number of rotatable bonds is 9. The molecule has 1 heterocycles. The predicted molar refractivity (Wildman–Crippen MR) is 122 cm³/mol. The molecule has 0 fully saturated rings. The highest BCUT2D eigenvalue weighted by atomic mass is 16.5. The average molecular weight is 452 g/mol. The van der Waals surface area contributed by atoms with Crippen LogP contribution < -0.4 is 26.3 Å². The van der Waals surface area contributed by atoms with Gasteiger partial charge in [-0.05, 0) is 59.4 Å². The molecule has 3 aromatic rings. The van der Waals surface area contributed by atoms with Gasteiger partial charge in [-0.15, -0.1) is 0 Å². The number of nitrogens with zero attached hydrogens (tertiary/aromatic N) is 2. The number of aromatic amines is 1. The lowest BCUT2D eigenvalue weighted by Crippen LogP contribution is -2.25.